The van der Waals surface area contributed by atoms with Crippen molar-refractivity contribution in [2.45, 2.75) is 33.1 Å². The molecule has 15 heavy (non-hydrogen) atoms. The van der Waals surface area contributed by atoms with Gasteiger partial charge in [0.05, 0.1) is 13.2 Å². The Labute approximate surface area is 93.2 Å². The summed E-state index contributed by atoms with van der Waals surface area (Å²) in [6.07, 6.45) is 8.11. The third-order valence-corrected chi connectivity index (χ3v) is 4.35. The highest BCUT2D eigenvalue weighted by Gasteiger charge is 2.50. The molecule has 1 fully saturated rings. The molecular formula is C14H22O. The Morgan fingerprint density at radius 2 is 2.40 bits per heavy atom. The molecule has 0 heterocycles. The van der Waals surface area contributed by atoms with E-state index in [-0.39, 0.29) is 0 Å². The van der Waals surface area contributed by atoms with Crippen LogP contribution in [-0.4, -0.2) is 13.2 Å². The molecule has 0 aromatic carbocycles. The molecule has 2 unspecified atom stereocenters. The lowest BCUT2D eigenvalue weighted by atomic mass is 9.48. The molecule has 84 valence electrons. The summed E-state index contributed by atoms with van der Waals surface area (Å²) in [5, 5.41) is 0. The van der Waals surface area contributed by atoms with Gasteiger partial charge >= 0.3 is 0 Å². The minimum atomic E-state index is 0.558. The van der Waals surface area contributed by atoms with Gasteiger partial charge in [-0.2, -0.15) is 0 Å². The van der Waals surface area contributed by atoms with Crippen LogP contribution in [0.1, 0.15) is 33.1 Å². The number of ether oxygens (including phenoxy) is 1. The Bertz CT molecular complexity index is 275. The quantitative estimate of drug-likeness (QED) is 0.493. The summed E-state index contributed by atoms with van der Waals surface area (Å²) in [5.74, 6) is 1.78. The van der Waals surface area contributed by atoms with E-state index in [4.69, 9.17) is 4.74 Å². The van der Waals surface area contributed by atoms with Crippen molar-refractivity contribution in [3.8, 4) is 0 Å². The minimum absolute atomic E-state index is 0.558. The molecule has 2 atom stereocenters. The van der Waals surface area contributed by atoms with Gasteiger partial charge in [0.25, 0.3) is 0 Å². The lowest BCUT2D eigenvalue weighted by molar-refractivity contribution is -0.0105. The van der Waals surface area contributed by atoms with Gasteiger partial charge in [0, 0.05) is 0 Å². The number of hydrogen-bond donors (Lipinski definition) is 0. The van der Waals surface area contributed by atoms with Crippen molar-refractivity contribution in [3.63, 3.8) is 0 Å². The highest BCUT2D eigenvalue weighted by atomic mass is 16.5. The van der Waals surface area contributed by atoms with Crippen LogP contribution in [0.4, 0.5) is 0 Å². The van der Waals surface area contributed by atoms with Gasteiger partial charge in [-0.15, -0.1) is 6.58 Å². The molecule has 0 radical (unpaired) electrons. The standard InChI is InChI=1S/C14H22O/c1-4-8-15-9-7-11-5-6-12-10-13(11)14(12,2)3/h4-5,12-13H,1,6-10H2,2-3H3. The molecule has 0 N–H and O–H groups in total. The highest BCUT2D eigenvalue weighted by molar-refractivity contribution is 5.23. The molecule has 0 saturated heterocycles. The fourth-order valence-corrected chi connectivity index (χ4v) is 3.11. The zero-order valence-electron chi connectivity index (χ0n) is 9.96. The first-order chi connectivity index (χ1) is 7.16. The number of allylic oxidation sites excluding steroid dienone is 1. The van der Waals surface area contributed by atoms with Gasteiger partial charge < -0.3 is 4.74 Å². The lowest BCUT2D eigenvalue weighted by Gasteiger charge is -2.56. The number of rotatable bonds is 5. The predicted octanol–water partition coefficient (Wildman–Crippen LogP) is 3.57. The van der Waals surface area contributed by atoms with E-state index in [9.17, 15) is 0 Å². The second kappa shape index (κ2) is 4.13. The molecule has 1 heteroatoms. The first-order valence-electron chi connectivity index (χ1n) is 6.04. The third kappa shape index (κ3) is 1.90. The molecule has 3 aliphatic carbocycles. The first-order valence-corrected chi connectivity index (χ1v) is 6.04. The van der Waals surface area contributed by atoms with Crippen molar-refractivity contribution >= 4 is 0 Å². The molecule has 0 amide bonds. The van der Waals surface area contributed by atoms with Crippen LogP contribution in [0.3, 0.4) is 0 Å². The third-order valence-electron chi connectivity index (χ3n) is 4.35. The summed E-state index contributed by atoms with van der Waals surface area (Å²) < 4.78 is 5.46. The second-order valence-electron chi connectivity index (χ2n) is 5.43. The Kier molecular flexibility index (Phi) is 3.01. The number of hydrogen-bond acceptors (Lipinski definition) is 1. The molecule has 0 aliphatic heterocycles. The van der Waals surface area contributed by atoms with Crippen molar-refractivity contribution in [1.29, 1.82) is 0 Å². The average molecular weight is 206 g/mol. The van der Waals surface area contributed by atoms with Crippen molar-refractivity contribution < 1.29 is 4.74 Å². The SMILES string of the molecule is C=CCOCCC1=CCC2CC1C2(C)C. The molecular weight excluding hydrogens is 184 g/mol. The van der Waals surface area contributed by atoms with Gasteiger partial charge in [-0.05, 0) is 36.5 Å². The summed E-state index contributed by atoms with van der Waals surface area (Å²) >= 11 is 0. The molecule has 3 aliphatic rings. The number of fused-ring (bicyclic) bond motifs is 1. The fraction of sp³-hybridized carbons (Fsp3) is 0.714. The lowest BCUT2D eigenvalue weighted by Crippen LogP contribution is -2.48. The Morgan fingerprint density at radius 1 is 1.60 bits per heavy atom. The normalized spacial score (nSPS) is 31.7. The van der Waals surface area contributed by atoms with Crippen LogP contribution >= 0.6 is 0 Å². The van der Waals surface area contributed by atoms with Crippen LogP contribution in [-0.2, 0) is 4.74 Å². The van der Waals surface area contributed by atoms with Crippen LogP contribution in [0.25, 0.3) is 0 Å². The molecule has 2 bridgehead atoms. The van der Waals surface area contributed by atoms with Crippen molar-refractivity contribution in [3.05, 3.63) is 24.3 Å². The van der Waals surface area contributed by atoms with Crippen molar-refractivity contribution in [2.24, 2.45) is 17.3 Å². The predicted molar refractivity (Wildman–Crippen MR) is 63.7 cm³/mol. The van der Waals surface area contributed by atoms with Gasteiger partial charge in [-0.25, -0.2) is 0 Å². The zero-order valence-corrected chi connectivity index (χ0v) is 9.96. The summed E-state index contributed by atoms with van der Waals surface area (Å²) in [4.78, 5) is 0. The maximum atomic E-state index is 5.46. The fourth-order valence-electron chi connectivity index (χ4n) is 3.11. The van der Waals surface area contributed by atoms with E-state index in [1.807, 2.05) is 6.08 Å². The second-order valence-corrected chi connectivity index (χ2v) is 5.43. The summed E-state index contributed by atoms with van der Waals surface area (Å²) in [5.41, 5.74) is 2.20. The van der Waals surface area contributed by atoms with E-state index in [1.165, 1.54) is 12.8 Å². The molecule has 1 saturated carbocycles. The topological polar surface area (TPSA) is 9.23 Å². The monoisotopic (exact) mass is 206 g/mol. The van der Waals surface area contributed by atoms with E-state index >= 15 is 0 Å². The minimum Gasteiger partial charge on any atom is -0.377 e. The van der Waals surface area contributed by atoms with Crippen molar-refractivity contribution in [2.75, 3.05) is 13.2 Å². The molecule has 0 aromatic rings. The smallest absolute Gasteiger partial charge is 0.0644 e. The highest BCUT2D eigenvalue weighted by Crippen LogP contribution is 2.59. The Morgan fingerprint density at radius 3 is 3.00 bits per heavy atom. The van der Waals surface area contributed by atoms with E-state index in [0.717, 1.165) is 24.9 Å². The van der Waals surface area contributed by atoms with Gasteiger partial charge in [0.2, 0.25) is 0 Å². The van der Waals surface area contributed by atoms with E-state index in [2.05, 4.69) is 26.5 Å². The molecule has 0 spiro atoms. The Hall–Kier alpha value is -0.560. The van der Waals surface area contributed by atoms with Gasteiger partial charge in [0.1, 0.15) is 0 Å². The van der Waals surface area contributed by atoms with E-state index < -0.39 is 0 Å². The van der Waals surface area contributed by atoms with Gasteiger partial charge in [-0.1, -0.05) is 31.6 Å². The Balaban J connectivity index is 1.83. The zero-order chi connectivity index (χ0) is 10.9. The van der Waals surface area contributed by atoms with Crippen LogP contribution < -0.4 is 0 Å². The van der Waals surface area contributed by atoms with Crippen LogP contribution in [0, 0.1) is 17.3 Å². The maximum Gasteiger partial charge on any atom is 0.0644 e. The van der Waals surface area contributed by atoms with E-state index in [1.54, 1.807) is 5.57 Å². The van der Waals surface area contributed by atoms with Crippen molar-refractivity contribution in [1.82, 2.24) is 0 Å². The molecule has 1 nitrogen and oxygen atoms in total. The van der Waals surface area contributed by atoms with Crippen LogP contribution in [0.2, 0.25) is 0 Å². The molecule has 0 aromatic heterocycles. The largest absolute Gasteiger partial charge is 0.377 e. The first kappa shape index (κ1) is 10.9. The maximum absolute atomic E-state index is 5.46. The summed E-state index contributed by atoms with van der Waals surface area (Å²) in [6.45, 7) is 10.0. The average Bonchev–Trinajstić information content (AvgIpc) is 2.24. The van der Waals surface area contributed by atoms with Crippen LogP contribution in [0.5, 0.6) is 0 Å². The van der Waals surface area contributed by atoms with Gasteiger partial charge in [-0.3, -0.25) is 0 Å². The van der Waals surface area contributed by atoms with E-state index in [0.29, 0.717) is 12.0 Å². The molecule has 3 rings (SSSR count). The van der Waals surface area contributed by atoms with Gasteiger partial charge in [0.15, 0.2) is 0 Å². The van der Waals surface area contributed by atoms with Crippen LogP contribution in [0.15, 0.2) is 24.3 Å². The summed E-state index contributed by atoms with van der Waals surface area (Å²) in [7, 11) is 0. The summed E-state index contributed by atoms with van der Waals surface area (Å²) in [6, 6.07) is 0.